The maximum Gasteiger partial charge on any atom is 0.253 e. The molecule has 24 heavy (non-hydrogen) atoms. The lowest BCUT2D eigenvalue weighted by atomic mass is 10.1. The smallest absolute Gasteiger partial charge is 0.253 e. The lowest BCUT2D eigenvalue weighted by Gasteiger charge is -2.08. The van der Waals surface area contributed by atoms with E-state index in [9.17, 15) is 4.79 Å². The summed E-state index contributed by atoms with van der Waals surface area (Å²) in [6, 6.07) is 13.7. The lowest BCUT2D eigenvalue weighted by Crippen LogP contribution is -2.25. The quantitative estimate of drug-likeness (QED) is 0.732. The molecule has 0 aliphatic heterocycles. The van der Waals surface area contributed by atoms with Crippen molar-refractivity contribution in [2.45, 2.75) is 6.42 Å². The van der Waals surface area contributed by atoms with Gasteiger partial charge in [0.1, 0.15) is 0 Å². The number of benzene rings is 2. The van der Waals surface area contributed by atoms with Gasteiger partial charge < -0.3 is 19.8 Å². The molecule has 3 aromatic rings. The third-order valence-corrected chi connectivity index (χ3v) is 3.97. The van der Waals surface area contributed by atoms with Crippen LogP contribution >= 0.6 is 0 Å². The van der Waals surface area contributed by atoms with Gasteiger partial charge in [0, 0.05) is 24.2 Å². The number of fused-ring (bicyclic) bond motifs is 1. The van der Waals surface area contributed by atoms with Crippen molar-refractivity contribution in [3.8, 4) is 11.5 Å². The summed E-state index contributed by atoms with van der Waals surface area (Å²) < 4.78 is 10.6. The molecule has 5 nitrogen and oxygen atoms in total. The van der Waals surface area contributed by atoms with Crippen LogP contribution in [0.4, 0.5) is 0 Å². The van der Waals surface area contributed by atoms with Gasteiger partial charge in [-0.25, -0.2) is 0 Å². The van der Waals surface area contributed by atoms with Crippen LogP contribution in [-0.4, -0.2) is 31.7 Å². The monoisotopic (exact) mass is 324 g/mol. The van der Waals surface area contributed by atoms with Crippen molar-refractivity contribution in [2.75, 3.05) is 20.8 Å². The summed E-state index contributed by atoms with van der Waals surface area (Å²) in [5, 5.41) is 3.77. The van der Waals surface area contributed by atoms with Crippen LogP contribution in [0.3, 0.4) is 0 Å². The number of nitrogens with one attached hydrogen (secondary N) is 2. The van der Waals surface area contributed by atoms with E-state index in [0.717, 1.165) is 17.3 Å². The van der Waals surface area contributed by atoms with Gasteiger partial charge in [-0.3, -0.25) is 4.79 Å². The number of rotatable bonds is 6. The van der Waals surface area contributed by atoms with Gasteiger partial charge in [0.2, 0.25) is 0 Å². The summed E-state index contributed by atoms with van der Waals surface area (Å²) in [6.45, 7) is 0.586. The average molecular weight is 324 g/mol. The number of carbonyl (C=O) groups excluding carboxylic acids is 1. The van der Waals surface area contributed by atoms with Gasteiger partial charge in [-0.15, -0.1) is 0 Å². The van der Waals surface area contributed by atoms with Crippen molar-refractivity contribution in [2.24, 2.45) is 0 Å². The van der Waals surface area contributed by atoms with Gasteiger partial charge in [-0.1, -0.05) is 30.3 Å². The van der Waals surface area contributed by atoms with Crippen molar-refractivity contribution in [3.63, 3.8) is 0 Å². The highest BCUT2D eigenvalue weighted by Crippen LogP contribution is 2.33. The number of amides is 1. The molecule has 0 radical (unpaired) electrons. The molecule has 0 saturated heterocycles. The van der Waals surface area contributed by atoms with E-state index < -0.39 is 0 Å². The normalized spacial score (nSPS) is 10.6. The van der Waals surface area contributed by atoms with Crippen LogP contribution in [0.5, 0.6) is 11.5 Å². The SMILES string of the molecule is COc1cc2[nH]cc(C(=O)NCCc3ccccc3)c2cc1OC. The van der Waals surface area contributed by atoms with Crippen molar-refractivity contribution in [1.29, 1.82) is 0 Å². The molecule has 0 spiro atoms. The second kappa shape index (κ2) is 7.08. The number of carbonyl (C=O) groups is 1. The molecule has 2 aromatic carbocycles. The Morgan fingerprint density at radius 2 is 1.79 bits per heavy atom. The number of aromatic nitrogens is 1. The van der Waals surface area contributed by atoms with Crippen LogP contribution in [0.2, 0.25) is 0 Å². The van der Waals surface area contributed by atoms with Gasteiger partial charge in [0.25, 0.3) is 5.91 Å². The summed E-state index contributed by atoms with van der Waals surface area (Å²) in [5.74, 6) is 1.12. The summed E-state index contributed by atoms with van der Waals surface area (Å²) in [5.41, 5.74) is 2.63. The largest absolute Gasteiger partial charge is 0.493 e. The minimum absolute atomic E-state index is 0.107. The number of hydrogen-bond acceptors (Lipinski definition) is 3. The van der Waals surface area contributed by atoms with E-state index in [1.807, 2.05) is 30.3 Å². The van der Waals surface area contributed by atoms with Gasteiger partial charge in [-0.2, -0.15) is 0 Å². The summed E-state index contributed by atoms with van der Waals surface area (Å²) >= 11 is 0. The molecule has 124 valence electrons. The van der Waals surface area contributed by atoms with Crippen molar-refractivity contribution >= 4 is 16.8 Å². The first-order valence-corrected chi connectivity index (χ1v) is 7.78. The lowest BCUT2D eigenvalue weighted by molar-refractivity contribution is 0.0956. The zero-order valence-corrected chi connectivity index (χ0v) is 13.8. The highest BCUT2D eigenvalue weighted by molar-refractivity contribution is 6.07. The van der Waals surface area contributed by atoms with Crippen LogP contribution in [0.1, 0.15) is 15.9 Å². The highest BCUT2D eigenvalue weighted by Gasteiger charge is 2.15. The average Bonchev–Trinajstić information content (AvgIpc) is 3.04. The maximum atomic E-state index is 12.5. The van der Waals surface area contributed by atoms with Crippen molar-refractivity contribution < 1.29 is 14.3 Å². The van der Waals surface area contributed by atoms with Crippen molar-refractivity contribution in [3.05, 3.63) is 59.8 Å². The van der Waals surface area contributed by atoms with Crippen LogP contribution in [-0.2, 0) is 6.42 Å². The van der Waals surface area contributed by atoms with E-state index in [0.29, 0.717) is 23.6 Å². The van der Waals surface area contributed by atoms with E-state index in [1.54, 1.807) is 20.4 Å². The van der Waals surface area contributed by atoms with E-state index in [-0.39, 0.29) is 5.91 Å². The topological polar surface area (TPSA) is 63.4 Å². The number of ether oxygens (including phenoxy) is 2. The fourth-order valence-corrected chi connectivity index (χ4v) is 2.70. The van der Waals surface area contributed by atoms with Gasteiger partial charge in [0.15, 0.2) is 11.5 Å². The standard InChI is InChI=1S/C19H20N2O3/c1-23-17-10-14-15(12-21-16(14)11-18(17)24-2)19(22)20-9-8-13-6-4-3-5-7-13/h3-7,10-12,21H,8-9H2,1-2H3,(H,20,22). The zero-order valence-electron chi connectivity index (χ0n) is 13.8. The molecule has 1 amide bonds. The first-order valence-electron chi connectivity index (χ1n) is 7.78. The number of hydrogen-bond donors (Lipinski definition) is 2. The molecular weight excluding hydrogens is 304 g/mol. The van der Waals surface area contributed by atoms with Crippen LogP contribution in [0.25, 0.3) is 10.9 Å². The summed E-state index contributed by atoms with van der Waals surface area (Å²) in [6.07, 6.45) is 2.51. The molecule has 0 saturated carbocycles. The zero-order chi connectivity index (χ0) is 16.9. The third-order valence-electron chi connectivity index (χ3n) is 3.97. The molecule has 0 fully saturated rings. The Morgan fingerprint density at radius 1 is 1.08 bits per heavy atom. The van der Waals surface area contributed by atoms with E-state index in [1.165, 1.54) is 5.56 Å². The van der Waals surface area contributed by atoms with Crippen LogP contribution in [0.15, 0.2) is 48.7 Å². The van der Waals surface area contributed by atoms with E-state index in [4.69, 9.17) is 9.47 Å². The van der Waals surface area contributed by atoms with E-state index in [2.05, 4.69) is 22.4 Å². The van der Waals surface area contributed by atoms with Crippen molar-refractivity contribution in [1.82, 2.24) is 10.3 Å². The van der Waals surface area contributed by atoms with Gasteiger partial charge in [0.05, 0.1) is 25.3 Å². The molecule has 5 heteroatoms. The van der Waals surface area contributed by atoms with Crippen LogP contribution < -0.4 is 14.8 Å². The molecule has 0 atom stereocenters. The number of aromatic amines is 1. The van der Waals surface area contributed by atoms with E-state index >= 15 is 0 Å². The highest BCUT2D eigenvalue weighted by atomic mass is 16.5. The molecule has 0 unspecified atom stereocenters. The Bertz CT molecular complexity index is 840. The predicted molar refractivity (Wildman–Crippen MR) is 93.9 cm³/mol. The summed E-state index contributed by atoms with van der Waals surface area (Å²) in [7, 11) is 3.17. The Morgan fingerprint density at radius 3 is 2.50 bits per heavy atom. The van der Waals surface area contributed by atoms with Gasteiger partial charge >= 0.3 is 0 Å². The molecular formula is C19H20N2O3. The second-order valence-corrected chi connectivity index (χ2v) is 5.45. The Kier molecular flexibility index (Phi) is 4.70. The second-order valence-electron chi connectivity index (χ2n) is 5.45. The molecule has 0 aliphatic rings. The maximum absolute atomic E-state index is 12.5. The number of H-pyrrole nitrogens is 1. The molecule has 2 N–H and O–H groups in total. The first-order chi connectivity index (χ1) is 11.7. The number of methoxy groups -OCH3 is 2. The Labute approximate surface area is 140 Å². The molecule has 1 aromatic heterocycles. The minimum atomic E-state index is -0.107. The summed E-state index contributed by atoms with van der Waals surface area (Å²) in [4.78, 5) is 15.6. The fraction of sp³-hybridized carbons (Fsp3) is 0.211. The molecule has 0 aliphatic carbocycles. The molecule has 3 rings (SSSR count). The third kappa shape index (κ3) is 3.20. The minimum Gasteiger partial charge on any atom is -0.493 e. The first kappa shape index (κ1) is 15.9. The fourth-order valence-electron chi connectivity index (χ4n) is 2.70. The molecule has 0 bridgehead atoms. The Hall–Kier alpha value is -2.95. The molecule has 1 heterocycles. The van der Waals surface area contributed by atoms with Gasteiger partial charge in [-0.05, 0) is 18.1 Å². The van der Waals surface area contributed by atoms with Crippen LogP contribution in [0, 0.1) is 0 Å². The Balaban J connectivity index is 1.75. The predicted octanol–water partition coefficient (Wildman–Crippen LogP) is 3.16.